The van der Waals surface area contributed by atoms with Crippen molar-refractivity contribution >= 4 is 29.5 Å². The summed E-state index contributed by atoms with van der Waals surface area (Å²) >= 11 is 4.04. The second kappa shape index (κ2) is 10.6. The highest BCUT2D eigenvalue weighted by Gasteiger charge is 2.47. The summed E-state index contributed by atoms with van der Waals surface area (Å²) in [6.45, 7) is 0. The van der Waals surface area contributed by atoms with Gasteiger partial charge in [-0.2, -0.15) is 23.5 Å². The van der Waals surface area contributed by atoms with Crippen LogP contribution in [0.1, 0.15) is 44.1 Å². The predicted octanol–water partition coefficient (Wildman–Crippen LogP) is 5.09. The molecule has 0 aliphatic carbocycles. The van der Waals surface area contributed by atoms with Gasteiger partial charge in [0.25, 0.3) is 0 Å². The van der Waals surface area contributed by atoms with E-state index in [2.05, 4.69) is 30.3 Å². The van der Waals surface area contributed by atoms with E-state index < -0.39 is 5.97 Å². The van der Waals surface area contributed by atoms with E-state index >= 15 is 0 Å². The number of carboxylic acid groups (broad SMARTS) is 1. The zero-order valence-corrected chi connectivity index (χ0v) is 17.0. The van der Waals surface area contributed by atoms with Crippen molar-refractivity contribution in [1.29, 1.82) is 0 Å². The van der Waals surface area contributed by atoms with Crippen LogP contribution < -0.4 is 0 Å². The van der Waals surface area contributed by atoms with Gasteiger partial charge in [0.1, 0.15) is 0 Å². The van der Waals surface area contributed by atoms with Gasteiger partial charge in [-0.3, -0.25) is 4.79 Å². The summed E-state index contributed by atoms with van der Waals surface area (Å²) in [5.41, 5.74) is 1.41. The topological polar surface area (TPSA) is 46.5 Å². The number of hydrogen-bond acceptors (Lipinski definition) is 4. The van der Waals surface area contributed by atoms with Crippen LogP contribution in [0.4, 0.5) is 0 Å². The molecule has 1 N–H and O–H groups in total. The van der Waals surface area contributed by atoms with Gasteiger partial charge >= 0.3 is 5.97 Å². The highest BCUT2D eigenvalue weighted by Crippen LogP contribution is 2.46. The van der Waals surface area contributed by atoms with Crippen molar-refractivity contribution in [2.75, 3.05) is 17.3 Å². The van der Waals surface area contributed by atoms with Crippen LogP contribution in [0.15, 0.2) is 30.3 Å². The second-order valence-corrected chi connectivity index (χ2v) is 9.63. The first-order chi connectivity index (χ1) is 12.7. The minimum atomic E-state index is -0.676. The van der Waals surface area contributed by atoms with Gasteiger partial charge in [-0.1, -0.05) is 30.3 Å². The van der Waals surface area contributed by atoms with Crippen molar-refractivity contribution in [2.24, 2.45) is 11.8 Å². The van der Waals surface area contributed by atoms with Gasteiger partial charge < -0.3 is 9.84 Å². The van der Waals surface area contributed by atoms with E-state index in [-0.39, 0.29) is 0 Å². The molecule has 144 valence electrons. The van der Waals surface area contributed by atoms with E-state index in [4.69, 9.17) is 9.84 Å². The molecule has 4 atom stereocenters. The van der Waals surface area contributed by atoms with Crippen molar-refractivity contribution in [3.8, 4) is 0 Å². The van der Waals surface area contributed by atoms with Gasteiger partial charge in [0, 0.05) is 12.2 Å². The van der Waals surface area contributed by atoms with E-state index in [0.29, 0.717) is 24.5 Å². The third-order valence-corrected chi connectivity index (χ3v) is 7.80. The molecule has 2 bridgehead atoms. The minimum absolute atomic E-state index is 0.305. The first kappa shape index (κ1) is 20.1. The number of thioether (sulfide) groups is 2. The van der Waals surface area contributed by atoms with Crippen LogP contribution in [0.2, 0.25) is 0 Å². The zero-order valence-electron chi connectivity index (χ0n) is 15.3. The molecule has 1 aromatic rings. The Bertz CT molecular complexity index is 551. The number of aliphatic carboxylic acids is 1. The highest BCUT2D eigenvalue weighted by molar-refractivity contribution is 7.99. The number of ether oxygens (including phenoxy) is 1. The SMILES string of the molecule is O=C(O)CCCCSCC1C2CCC(O2)C1CCSCc1ccccc1. The molecule has 2 aliphatic heterocycles. The van der Waals surface area contributed by atoms with Crippen LogP contribution in [0.5, 0.6) is 0 Å². The lowest BCUT2D eigenvalue weighted by atomic mass is 9.79. The van der Waals surface area contributed by atoms with E-state index in [1.54, 1.807) is 0 Å². The third kappa shape index (κ3) is 5.93. The van der Waals surface area contributed by atoms with Crippen molar-refractivity contribution in [1.82, 2.24) is 0 Å². The molecule has 1 aromatic carbocycles. The predicted molar refractivity (Wildman–Crippen MR) is 111 cm³/mol. The lowest BCUT2D eigenvalue weighted by Gasteiger charge is -2.27. The van der Waals surface area contributed by atoms with E-state index in [0.717, 1.165) is 30.3 Å². The highest BCUT2D eigenvalue weighted by atomic mass is 32.2. The molecule has 3 nitrogen and oxygen atoms in total. The maximum absolute atomic E-state index is 10.6. The van der Waals surface area contributed by atoms with Crippen molar-refractivity contribution in [2.45, 2.75) is 56.5 Å². The van der Waals surface area contributed by atoms with Gasteiger partial charge in [-0.25, -0.2) is 0 Å². The molecule has 0 amide bonds. The smallest absolute Gasteiger partial charge is 0.303 e. The summed E-state index contributed by atoms with van der Waals surface area (Å²) in [7, 11) is 0. The largest absolute Gasteiger partial charge is 0.481 e. The number of carbonyl (C=O) groups is 1. The Kier molecular flexibility index (Phi) is 8.21. The average molecular weight is 395 g/mol. The number of carboxylic acids is 1. The Morgan fingerprint density at radius 2 is 1.81 bits per heavy atom. The van der Waals surface area contributed by atoms with E-state index in [9.17, 15) is 4.79 Å². The fraction of sp³-hybridized carbons (Fsp3) is 0.667. The molecule has 5 heteroatoms. The number of unbranched alkanes of at least 4 members (excludes halogenated alkanes) is 1. The summed E-state index contributed by atoms with van der Waals surface area (Å²) in [4.78, 5) is 10.6. The lowest BCUT2D eigenvalue weighted by Crippen LogP contribution is -2.29. The number of benzene rings is 1. The maximum Gasteiger partial charge on any atom is 0.303 e. The van der Waals surface area contributed by atoms with Gasteiger partial charge in [-0.05, 0) is 66.8 Å². The molecule has 0 radical (unpaired) electrons. The van der Waals surface area contributed by atoms with Crippen LogP contribution in [-0.4, -0.2) is 40.5 Å². The van der Waals surface area contributed by atoms with Gasteiger partial charge in [0.2, 0.25) is 0 Å². The molecular formula is C21H30O3S2. The molecule has 4 unspecified atom stereocenters. The third-order valence-electron chi connectivity index (χ3n) is 5.54. The van der Waals surface area contributed by atoms with E-state index in [1.165, 1.54) is 36.3 Å². The van der Waals surface area contributed by atoms with Crippen molar-refractivity contribution < 1.29 is 14.6 Å². The molecule has 2 fully saturated rings. The molecular weight excluding hydrogens is 364 g/mol. The molecule has 3 rings (SSSR count). The Labute approximate surface area is 165 Å². The molecule has 0 aromatic heterocycles. The molecule has 2 aliphatic rings. The molecule has 0 spiro atoms. The van der Waals surface area contributed by atoms with Crippen molar-refractivity contribution in [3.63, 3.8) is 0 Å². The second-order valence-electron chi connectivity index (χ2n) is 7.37. The van der Waals surface area contributed by atoms with Crippen LogP contribution in [0, 0.1) is 11.8 Å². The normalized spacial score (nSPS) is 27.1. The minimum Gasteiger partial charge on any atom is -0.481 e. The first-order valence-electron chi connectivity index (χ1n) is 9.80. The quantitative estimate of drug-likeness (QED) is 0.500. The van der Waals surface area contributed by atoms with Crippen LogP contribution in [0.25, 0.3) is 0 Å². The van der Waals surface area contributed by atoms with Gasteiger partial charge in [0.15, 0.2) is 0 Å². The monoisotopic (exact) mass is 394 g/mol. The van der Waals surface area contributed by atoms with E-state index in [1.807, 2.05) is 23.5 Å². The Morgan fingerprint density at radius 1 is 1.04 bits per heavy atom. The Morgan fingerprint density at radius 3 is 2.58 bits per heavy atom. The van der Waals surface area contributed by atoms with Crippen molar-refractivity contribution in [3.05, 3.63) is 35.9 Å². The number of fused-ring (bicyclic) bond motifs is 2. The lowest BCUT2D eigenvalue weighted by molar-refractivity contribution is -0.137. The fourth-order valence-electron chi connectivity index (χ4n) is 4.18. The molecule has 2 heterocycles. The molecule has 26 heavy (non-hydrogen) atoms. The summed E-state index contributed by atoms with van der Waals surface area (Å²) in [5, 5.41) is 8.70. The summed E-state index contributed by atoms with van der Waals surface area (Å²) in [6.07, 6.45) is 6.85. The summed E-state index contributed by atoms with van der Waals surface area (Å²) in [6, 6.07) is 10.7. The maximum atomic E-state index is 10.6. The Hall–Kier alpha value is -0.650. The summed E-state index contributed by atoms with van der Waals surface area (Å²) < 4.78 is 6.22. The van der Waals surface area contributed by atoms with Gasteiger partial charge in [0.05, 0.1) is 12.2 Å². The average Bonchev–Trinajstić information content (AvgIpc) is 3.24. The van der Waals surface area contributed by atoms with Crippen LogP contribution in [0.3, 0.4) is 0 Å². The molecule has 0 saturated carbocycles. The number of hydrogen-bond donors (Lipinski definition) is 1. The number of rotatable bonds is 12. The standard InChI is InChI=1S/C21H30O3S2/c22-21(23)8-4-5-12-25-15-18-17(19-9-10-20(18)24-19)11-13-26-14-16-6-2-1-3-7-16/h1-3,6-7,17-20H,4-5,8-15H2,(H,22,23). The van der Waals surface area contributed by atoms with Crippen LogP contribution >= 0.6 is 23.5 Å². The Balaban J connectivity index is 1.34. The zero-order chi connectivity index (χ0) is 18.2. The van der Waals surface area contributed by atoms with Gasteiger partial charge in [-0.15, -0.1) is 0 Å². The summed E-state index contributed by atoms with van der Waals surface area (Å²) in [5.74, 6) is 5.33. The molecule has 2 saturated heterocycles. The first-order valence-corrected chi connectivity index (χ1v) is 12.1. The fourth-order valence-corrected chi connectivity index (χ4v) is 6.51. The van der Waals surface area contributed by atoms with Crippen LogP contribution in [-0.2, 0) is 15.3 Å².